The molecule has 3 aromatic rings. The van der Waals surface area contributed by atoms with Crippen LogP contribution in [-0.4, -0.2) is 56.1 Å². The molecule has 0 atom stereocenters. The SMILES string of the molecule is Cc1cnc(Nc2ccc(OCCN3CCCC3)cc2)nc1Nc1cccc(S(=O)(=O)NCC(C)C)c1. The van der Waals surface area contributed by atoms with Gasteiger partial charge in [0, 0.05) is 36.2 Å². The van der Waals surface area contributed by atoms with E-state index in [-0.39, 0.29) is 10.8 Å². The summed E-state index contributed by atoms with van der Waals surface area (Å²) in [6, 6.07) is 14.4. The van der Waals surface area contributed by atoms with Gasteiger partial charge in [-0.2, -0.15) is 4.98 Å². The molecule has 198 valence electrons. The smallest absolute Gasteiger partial charge is 0.240 e. The van der Waals surface area contributed by atoms with Crippen molar-refractivity contribution < 1.29 is 13.2 Å². The number of aromatic nitrogens is 2. The molecule has 2 heterocycles. The molecule has 4 rings (SSSR count). The fourth-order valence-electron chi connectivity index (χ4n) is 3.93. The number of aryl methyl sites for hydroxylation is 1. The Morgan fingerprint density at radius 2 is 1.78 bits per heavy atom. The van der Waals surface area contributed by atoms with E-state index in [1.807, 2.05) is 45.0 Å². The van der Waals surface area contributed by atoms with Gasteiger partial charge in [0.25, 0.3) is 0 Å². The zero-order valence-electron chi connectivity index (χ0n) is 21.7. The first-order valence-electron chi connectivity index (χ1n) is 12.7. The number of sulfonamides is 1. The van der Waals surface area contributed by atoms with Crippen LogP contribution in [0.2, 0.25) is 0 Å². The van der Waals surface area contributed by atoms with E-state index in [9.17, 15) is 8.42 Å². The van der Waals surface area contributed by atoms with Crippen LogP contribution in [0.15, 0.2) is 59.6 Å². The molecule has 1 fully saturated rings. The van der Waals surface area contributed by atoms with Crippen molar-refractivity contribution in [2.24, 2.45) is 5.92 Å². The van der Waals surface area contributed by atoms with Gasteiger partial charge in [0.1, 0.15) is 18.2 Å². The molecule has 9 nitrogen and oxygen atoms in total. The maximum absolute atomic E-state index is 12.6. The molecule has 1 saturated heterocycles. The molecule has 37 heavy (non-hydrogen) atoms. The van der Waals surface area contributed by atoms with Crippen LogP contribution in [-0.2, 0) is 10.0 Å². The third kappa shape index (κ3) is 7.88. The van der Waals surface area contributed by atoms with Crippen molar-refractivity contribution in [2.45, 2.75) is 38.5 Å². The highest BCUT2D eigenvalue weighted by atomic mass is 32.2. The number of rotatable bonds is 12. The van der Waals surface area contributed by atoms with Gasteiger partial charge in [-0.3, -0.25) is 4.90 Å². The highest BCUT2D eigenvalue weighted by Gasteiger charge is 2.15. The summed E-state index contributed by atoms with van der Waals surface area (Å²) < 4.78 is 33.8. The fraction of sp³-hybridized carbons (Fsp3) is 0.407. The molecule has 3 N–H and O–H groups in total. The molecule has 0 saturated carbocycles. The van der Waals surface area contributed by atoms with Gasteiger partial charge in [-0.15, -0.1) is 0 Å². The molecular weight excluding hydrogens is 488 g/mol. The van der Waals surface area contributed by atoms with Gasteiger partial charge in [0.2, 0.25) is 16.0 Å². The van der Waals surface area contributed by atoms with Gasteiger partial charge in [-0.25, -0.2) is 18.1 Å². The largest absolute Gasteiger partial charge is 0.492 e. The van der Waals surface area contributed by atoms with Crippen molar-refractivity contribution in [3.8, 4) is 5.75 Å². The van der Waals surface area contributed by atoms with Crippen LogP contribution < -0.4 is 20.1 Å². The summed E-state index contributed by atoms with van der Waals surface area (Å²) in [4.78, 5) is 11.6. The van der Waals surface area contributed by atoms with Gasteiger partial charge in [-0.05, 0) is 81.2 Å². The van der Waals surface area contributed by atoms with E-state index in [2.05, 4.69) is 30.2 Å². The van der Waals surface area contributed by atoms with Gasteiger partial charge >= 0.3 is 0 Å². The molecule has 0 spiro atoms. The number of nitrogens with zero attached hydrogens (tertiary/aromatic N) is 3. The quantitative estimate of drug-likeness (QED) is 0.313. The molecule has 1 aliphatic rings. The highest BCUT2D eigenvalue weighted by molar-refractivity contribution is 7.89. The van der Waals surface area contributed by atoms with Crippen molar-refractivity contribution in [1.82, 2.24) is 19.6 Å². The lowest BCUT2D eigenvalue weighted by Gasteiger charge is -2.15. The van der Waals surface area contributed by atoms with E-state index < -0.39 is 10.0 Å². The first-order valence-corrected chi connectivity index (χ1v) is 14.2. The van der Waals surface area contributed by atoms with Crippen molar-refractivity contribution in [3.63, 3.8) is 0 Å². The molecule has 0 unspecified atom stereocenters. The number of likely N-dealkylation sites (tertiary alicyclic amines) is 1. The summed E-state index contributed by atoms with van der Waals surface area (Å²) in [7, 11) is -3.59. The predicted octanol–water partition coefficient (Wildman–Crippen LogP) is 4.68. The number of hydrogen-bond donors (Lipinski definition) is 3. The van der Waals surface area contributed by atoms with Crippen molar-refractivity contribution >= 4 is 33.2 Å². The van der Waals surface area contributed by atoms with Gasteiger partial charge < -0.3 is 15.4 Å². The molecule has 0 amide bonds. The van der Waals surface area contributed by atoms with Crippen LogP contribution in [0.1, 0.15) is 32.3 Å². The Bertz CT molecular complexity index is 1280. The lowest BCUT2D eigenvalue weighted by molar-refractivity contribution is 0.238. The van der Waals surface area contributed by atoms with E-state index in [0.717, 1.165) is 23.5 Å². The lowest BCUT2D eigenvalue weighted by Crippen LogP contribution is -2.27. The monoisotopic (exact) mass is 524 g/mol. The van der Waals surface area contributed by atoms with Crippen LogP contribution in [0.5, 0.6) is 5.75 Å². The minimum atomic E-state index is -3.59. The molecular formula is C27H36N6O3S. The van der Waals surface area contributed by atoms with Crippen LogP contribution in [0.3, 0.4) is 0 Å². The number of nitrogens with one attached hydrogen (secondary N) is 3. The van der Waals surface area contributed by atoms with E-state index in [1.165, 1.54) is 25.9 Å². The Morgan fingerprint density at radius 1 is 1.03 bits per heavy atom. The second kappa shape index (κ2) is 12.4. The summed E-state index contributed by atoms with van der Waals surface area (Å²) in [5, 5.41) is 6.44. The Balaban J connectivity index is 1.38. The maximum Gasteiger partial charge on any atom is 0.240 e. The summed E-state index contributed by atoms with van der Waals surface area (Å²) in [5.41, 5.74) is 2.29. The summed E-state index contributed by atoms with van der Waals surface area (Å²) in [6.07, 6.45) is 4.28. The van der Waals surface area contributed by atoms with Crippen molar-refractivity contribution in [1.29, 1.82) is 0 Å². The first kappa shape index (κ1) is 26.8. The average molecular weight is 525 g/mol. The number of hydrogen-bond acceptors (Lipinski definition) is 8. The Labute approximate surface area is 219 Å². The highest BCUT2D eigenvalue weighted by Crippen LogP contribution is 2.24. The number of benzene rings is 2. The summed E-state index contributed by atoms with van der Waals surface area (Å²) in [5.74, 6) is 2.06. The second-order valence-corrected chi connectivity index (χ2v) is 11.4. The molecule has 0 aliphatic carbocycles. The van der Waals surface area contributed by atoms with Crippen LogP contribution in [0, 0.1) is 12.8 Å². The third-order valence-electron chi connectivity index (χ3n) is 6.05. The Morgan fingerprint density at radius 3 is 2.51 bits per heavy atom. The molecule has 0 bridgehead atoms. The molecule has 10 heteroatoms. The molecule has 1 aromatic heterocycles. The zero-order chi connectivity index (χ0) is 26.3. The normalized spacial score (nSPS) is 14.2. The van der Waals surface area contributed by atoms with Crippen LogP contribution in [0.25, 0.3) is 0 Å². The Hall–Kier alpha value is -3.21. The van der Waals surface area contributed by atoms with E-state index in [4.69, 9.17) is 4.74 Å². The molecule has 1 aliphatic heterocycles. The van der Waals surface area contributed by atoms with Crippen LogP contribution >= 0.6 is 0 Å². The topological polar surface area (TPSA) is 108 Å². The van der Waals surface area contributed by atoms with Gasteiger partial charge in [0.15, 0.2) is 0 Å². The second-order valence-electron chi connectivity index (χ2n) is 9.67. The number of anilines is 4. The van der Waals surface area contributed by atoms with Gasteiger partial charge in [0.05, 0.1) is 4.90 Å². The predicted molar refractivity (Wildman–Crippen MR) is 147 cm³/mol. The zero-order valence-corrected chi connectivity index (χ0v) is 22.5. The van der Waals surface area contributed by atoms with E-state index in [1.54, 1.807) is 30.5 Å². The maximum atomic E-state index is 12.6. The van der Waals surface area contributed by atoms with Gasteiger partial charge in [-0.1, -0.05) is 19.9 Å². The van der Waals surface area contributed by atoms with Crippen LogP contribution in [0.4, 0.5) is 23.1 Å². The standard InChI is InChI=1S/C27H36N6O3S/c1-20(2)18-29-37(34,35)25-8-6-7-23(17-25)30-26-21(3)19-28-27(32-26)31-22-9-11-24(12-10-22)36-16-15-33-13-4-5-14-33/h6-12,17,19-20,29H,4-5,13-16,18H2,1-3H3,(H2,28,30,31,32). The summed E-state index contributed by atoms with van der Waals surface area (Å²) in [6.45, 7) is 10.2. The summed E-state index contributed by atoms with van der Waals surface area (Å²) >= 11 is 0. The fourth-order valence-corrected chi connectivity index (χ4v) is 5.19. The van der Waals surface area contributed by atoms with E-state index in [0.29, 0.717) is 30.6 Å². The lowest BCUT2D eigenvalue weighted by atomic mass is 10.2. The molecule has 0 radical (unpaired) electrons. The number of ether oxygens (including phenoxy) is 1. The first-order chi connectivity index (χ1) is 17.8. The minimum Gasteiger partial charge on any atom is -0.492 e. The van der Waals surface area contributed by atoms with Crippen molar-refractivity contribution in [2.75, 3.05) is 43.4 Å². The average Bonchev–Trinajstić information content (AvgIpc) is 3.40. The minimum absolute atomic E-state index is 0.200. The Kier molecular flexibility index (Phi) is 8.96. The van der Waals surface area contributed by atoms with Crippen molar-refractivity contribution in [3.05, 3.63) is 60.3 Å². The van der Waals surface area contributed by atoms with E-state index >= 15 is 0 Å². The molecule has 2 aromatic carbocycles. The third-order valence-corrected chi connectivity index (χ3v) is 7.47.